The molecule has 5 rings (SSSR count). The second kappa shape index (κ2) is 10.2. The third kappa shape index (κ3) is 4.75. The summed E-state index contributed by atoms with van der Waals surface area (Å²) >= 11 is 0. The van der Waals surface area contributed by atoms with Gasteiger partial charge in [0.2, 0.25) is 5.91 Å². The number of carbonyl (C=O) groups is 2. The molecular weight excluding hydrogens is 457 g/mol. The van der Waals surface area contributed by atoms with Crippen LogP contribution in [-0.4, -0.2) is 40.0 Å². The summed E-state index contributed by atoms with van der Waals surface area (Å²) in [5.41, 5.74) is 4.49. The molecule has 1 atom stereocenters. The average molecular weight is 488 g/mol. The van der Waals surface area contributed by atoms with Gasteiger partial charge in [-0.15, -0.1) is 0 Å². The first-order chi connectivity index (χ1) is 17.5. The Kier molecular flexibility index (Phi) is 6.83. The highest BCUT2D eigenvalue weighted by atomic mass is 19.1. The van der Waals surface area contributed by atoms with E-state index in [1.165, 1.54) is 6.07 Å². The van der Waals surface area contributed by atoms with Gasteiger partial charge < -0.3 is 15.3 Å². The number of nitrogens with zero attached hydrogens (tertiary/aromatic N) is 2. The van der Waals surface area contributed by atoms with Gasteiger partial charge in [0, 0.05) is 42.8 Å². The van der Waals surface area contributed by atoms with Crippen LogP contribution >= 0.6 is 0 Å². The molecule has 1 saturated carbocycles. The molecule has 2 aromatic carbocycles. The fourth-order valence-corrected chi connectivity index (χ4v) is 5.05. The first kappa shape index (κ1) is 24.1. The lowest BCUT2D eigenvalue weighted by Gasteiger charge is -2.26. The van der Waals surface area contributed by atoms with Crippen molar-refractivity contribution >= 4 is 11.8 Å². The zero-order valence-electron chi connectivity index (χ0n) is 20.3. The molecule has 2 aliphatic rings. The molecule has 0 bridgehead atoms. The van der Waals surface area contributed by atoms with Gasteiger partial charge in [0.25, 0.3) is 5.91 Å². The number of aromatic nitrogens is 1. The monoisotopic (exact) mass is 487 g/mol. The molecular formula is C29H30FN3O3. The number of hydrogen-bond acceptors (Lipinski definition) is 4. The molecule has 3 aromatic rings. The van der Waals surface area contributed by atoms with Gasteiger partial charge >= 0.3 is 0 Å². The van der Waals surface area contributed by atoms with Crippen molar-refractivity contribution in [2.45, 2.75) is 45.2 Å². The van der Waals surface area contributed by atoms with Crippen molar-refractivity contribution in [3.8, 4) is 22.4 Å². The molecule has 6 nitrogen and oxygen atoms in total. The Morgan fingerprint density at radius 1 is 1.11 bits per heavy atom. The number of rotatable bonds is 8. The van der Waals surface area contributed by atoms with E-state index < -0.39 is 0 Å². The van der Waals surface area contributed by atoms with E-state index in [4.69, 9.17) is 4.98 Å². The summed E-state index contributed by atoms with van der Waals surface area (Å²) in [6.45, 7) is 2.61. The van der Waals surface area contributed by atoms with Gasteiger partial charge in [0.05, 0.1) is 11.7 Å². The summed E-state index contributed by atoms with van der Waals surface area (Å²) in [4.78, 5) is 32.6. The molecule has 2 heterocycles. The largest absolute Gasteiger partial charge is 0.396 e. The molecule has 0 saturated heterocycles. The Hall–Kier alpha value is -3.58. The highest BCUT2D eigenvalue weighted by Gasteiger charge is 2.38. The number of nitrogens with one attached hydrogen (secondary N) is 1. The predicted molar refractivity (Wildman–Crippen MR) is 135 cm³/mol. The maximum Gasteiger partial charge on any atom is 0.269 e. The molecule has 1 aliphatic carbocycles. The second-order valence-electron chi connectivity index (χ2n) is 9.55. The molecule has 1 aliphatic heterocycles. The maximum atomic E-state index is 14.6. The van der Waals surface area contributed by atoms with Crippen LogP contribution in [0.4, 0.5) is 4.39 Å². The Labute approximate surface area is 210 Å². The molecule has 1 aromatic heterocycles. The Bertz CT molecular complexity index is 1300. The van der Waals surface area contributed by atoms with Crippen molar-refractivity contribution in [1.29, 1.82) is 0 Å². The van der Waals surface area contributed by atoms with E-state index in [1.54, 1.807) is 24.3 Å². The first-order valence-electron chi connectivity index (χ1n) is 12.6. The Morgan fingerprint density at radius 3 is 2.61 bits per heavy atom. The summed E-state index contributed by atoms with van der Waals surface area (Å²) < 4.78 is 14.6. The van der Waals surface area contributed by atoms with Crippen molar-refractivity contribution in [1.82, 2.24) is 15.2 Å². The number of carbonyl (C=O) groups excluding carboxylic acids is 2. The summed E-state index contributed by atoms with van der Waals surface area (Å²) in [5.74, 6) is -0.0955. The second-order valence-corrected chi connectivity index (χ2v) is 9.55. The van der Waals surface area contributed by atoms with Crippen molar-refractivity contribution in [2.24, 2.45) is 5.92 Å². The van der Waals surface area contributed by atoms with E-state index in [1.807, 2.05) is 36.1 Å². The van der Waals surface area contributed by atoms with Crippen LogP contribution in [0.3, 0.4) is 0 Å². The van der Waals surface area contributed by atoms with Crippen LogP contribution in [0.15, 0.2) is 54.6 Å². The van der Waals surface area contributed by atoms with Gasteiger partial charge in [0.15, 0.2) is 0 Å². The lowest BCUT2D eigenvalue weighted by Crippen LogP contribution is -2.30. The van der Waals surface area contributed by atoms with Gasteiger partial charge in [-0.3, -0.25) is 9.59 Å². The molecule has 0 unspecified atom stereocenters. The molecule has 2 amide bonds. The van der Waals surface area contributed by atoms with Gasteiger partial charge in [-0.1, -0.05) is 36.4 Å². The van der Waals surface area contributed by atoms with Crippen LogP contribution in [-0.2, 0) is 11.3 Å². The van der Waals surface area contributed by atoms with Crippen LogP contribution in [0, 0.1) is 11.7 Å². The number of pyridine rings is 1. The average Bonchev–Trinajstić information content (AvgIpc) is 3.62. The van der Waals surface area contributed by atoms with Crippen LogP contribution in [0.1, 0.15) is 60.3 Å². The van der Waals surface area contributed by atoms with Gasteiger partial charge in [0.1, 0.15) is 11.5 Å². The zero-order chi connectivity index (χ0) is 25.2. The van der Waals surface area contributed by atoms with E-state index >= 15 is 0 Å². The van der Waals surface area contributed by atoms with E-state index in [0.717, 1.165) is 29.5 Å². The summed E-state index contributed by atoms with van der Waals surface area (Å²) in [6.07, 6.45) is 3.04. The Morgan fingerprint density at radius 2 is 1.89 bits per heavy atom. The fourth-order valence-electron chi connectivity index (χ4n) is 5.05. The van der Waals surface area contributed by atoms with Crippen LogP contribution < -0.4 is 5.32 Å². The highest BCUT2D eigenvalue weighted by Crippen LogP contribution is 2.44. The summed E-state index contributed by atoms with van der Waals surface area (Å²) in [7, 11) is 0. The quantitative estimate of drug-likeness (QED) is 0.475. The number of hydrogen-bond donors (Lipinski definition) is 2. The smallest absolute Gasteiger partial charge is 0.269 e. The molecule has 7 heteroatoms. The lowest BCUT2D eigenvalue weighted by molar-refractivity contribution is -0.134. The lowest BCUT2D eigenvalue weighted by atomic mass is 9.93. The molecule has 0 spiro atoms. The number of benzene rings is 2. The molecule has 36 heavy (non-hydrogen) atoms. The first-order valence-corrected chi connectivity index (χ1v) is 12.6. The zero-order valence-corrected chi connectivity index (χ0v) is 20.3. The minimum atomic E-state index is -0.334. The Balaban J connectivity index is 1.63. The molecule has 186 valence electrons. The molecule has 1 fully saturated rings. The van der Waals surface area contributed by atoms with Crippen molar-refractivity contribution in [3.05, 3.63) is 77.2 Å². The summed E-state index contributed by atoms with van der Waals surface area (Å²) in [6, 6.07) is 15.5. The third-order valence-electron chi connectivity index (χ3n) is 6.97. The van der Waals surface area contributed by atoms with E-state index in [0.29, 0.717) is 48.7 Å². The van der Waals surface area contributed by atoms with E-state index in [9.17, 15) is 19.1 Å². The van der Waals surface area contributed by atoms with Crippen LogP contribution in [0.2, 0.25) is 0 Å². The minimum Gasteiger partial charge on any atom is -0.396 e. The maximum absolute atomic E-state index is 14.6. The normalized spacial score (nSPS) is 16.6. The van der Waals surface area contributed by atoms with Gasteiger partial charge in [-0.25, -0.2) is 9.37 Å². The van der Waals surface area contributed by atoms with Crippen molar-refractivity contribution in [3.63, 3.8) is 0 Å². The number of fused-ring (bicyclic) bond motifs is 1. The number of halogens is 1. The van der Waals surface area contributed by atoms with E-state index in [-0.39, 0.29) is 36.0 Å². The highest BCUT2D eigenvalue weighted by molar-refractivity contribution is 5.94. The standard InChI is InChI=1S/C29H30FN3O3/c1-2-31-29(36)24-16-21-17-33(26(35)14-18-10-11-18)25(12-13-34)27(21)28(32-24)20-7-5-6-19(15-20)22-8-3-4-9-23(22)30/h3-9,15-16,18,25,34H,2,10-14,17H2,1H3,(H,31,36)/t25-/m1/s1. The number of aliphatic hydroxyl groups excluding tert-OH is 1. The molecule has 2 N–H and O–H groups in total. The SMILES string of the molecule is CCNC(=O)c1cc2c(c(-c3cccc(-c4ccccc4F)c3)n1)[C@@H](CCO)N(C(=O)CC1CC1)C2. The van der Waals surface area contributed by atoms with E-state index in [2.05, 4.69) is 5.32 Å². The van der Waals surface area contributed by atoms with Crippen LogP contribution in [0.5, 0.6) is 0 Å². The fraction of sp³-hybridized carbons (Fsp3) is 0.345. The number of amides is 2. The summed E-state index contributed by atoms with van der Waals surface area (Å²) in [5, 5.41) is 12.7. The third-order valence-corrected chi connectivity index (χ3v) is 6.97. The van der Waals surface area contributed by atoms with Crippen molar-refractivity contribution < 1.29 is 19.1 Å². The number of aliphatic hydroxyl groups is 1. The van der Waals surface area contributed by atoms with Crippen LogP contribution in [0.25, 0.3) is 22.4 Å². The van der Waals surface area contributed by atoms with Crippen molar-refractivity contribution in [2.75, 3.05) is 13.2 Å². The van der Waals surface area contributed by atoms with Gasteiger partial charge in [-0.2, -0.15) is 0 Å². The minimum absolute atomic E-state index is 0.0674. The molecule has 0 radical (unpaired) electrons. The predicted octanol–water partition coefficient (Wildman–Crippen LogP) is 4.87. The topological polar surface area (TPSA) is 82.5 Å². The van der Waals surface area contributed by atoms with Gasteiger partial charge in [-0.05, 0) is 61.4 Å².